The molecule has 1 aromatic rings. The third-order valence-corrected chi connectivity index (χ3v) is 2.81. The van der Waals surface area contributed by atoms with Gasteiger partial charge in [-0.25, -0.2) is 0 Å². The molecular weight excluding hydrogens is 246 g/mol. The second kappa shape index (κ2) is 10.3. The number of hydrogen-bond donors (Lipinski definition) is 0. The van der Waals surface area contributed by atoms with Gasteiger partial charge in [-0.15, -0.1) is 0 Å². The first-order valence-electron chi connectivity index (χ1n) is 7.22. The molecule has 0 amide bonds. The lowest BCUT2D eigenvalue weighted by atomic mass is 9.95. The van der Waals surface area contributed by atoms with Crippen molar-refractivity contribution in [1.29, 1.82) is 0 Å². The molecule has 0 saturated carbocycles. The van der Waals surface area contributed by atoms with Gasteiger partial charge in [-0.1, -0.05) is 52.1 Å². The summed E-state index contributed by atoms with van der Waals surface area (Å²) in [5, 5.41) is 0. The molecule has 0 N–H and O–H groups in total. The van der Waals surface area contributed by atoms with Crippen molar-refractivity contribution in [1.82, 2.24) is 4.90 Å². The van der Waals surface area contributed by atoms with E-state index >= 15 is 0 Å². The van der Waals surface area contributed by atoms with Crippen molar-refractivity contribution in [2.75, 3.05) is 27.2 Å². The summed E-state index contributed by atoms with van der Waals surface area (Å²) in [7, 11) is 4.15. The van der Waals surface area contributed by atoms with Crippen molar-refractivity contribution in [2.24, 2.45) is 5.92 Å². The minimum Gasteiger partial charge on any atom is -0.490 e. The van der Waals surface area contributed by atoms with Crippen LogP contribution in [0.25, 0.3) is 5.57 Å². The second-order valence-corrected chi connectivity index (χ2v) is 4.82. The zero-order valence-electron chi connectivity index (χ0n) is 13.6. The Morgan fingerprint density at radius 1 is 1.35 bits per heavy atom. The van der Waals surface area contributed by atoms with Crippen LogP contribution in [0.3, 0.4) is 0 Å². The Kier molecular flexibility index (Phi) is 9.48. The minimum atomic E-state index is 0.426. The Hall–Kier alpha value is -1.54. The summed E-state index contributed by atoms with van der Waals surface area (Å²) in [6.45, 7) is 15.6. The van der Waals surface area contributed by atoms with Crippen LogP contribution in [0.4, 0.5) is 0 Å². The fraction of sp³-hybridized carbons (Fsp3) is 0.444. The summed E-state index contributed by atoms with van der Waals surface area (Å²) in [6.07, 6.45) is 1.75. The van der Waals surface area contributed by atoms with Crippen molar-refractivity contribution < 1.29 is 4.74 Å². The maximum atomic E-state index is 5.54. The Bertz CT molecular complexity index is 410. The van der Waals surface area contributed by atoms with E-state index in [2.05, 4.69) is 45.1 Å². The molecule has 1 rings (SSSR count). The molecular formula is C18H29NO. The SMILES string of the molecule is C=CCOc1cccc(C(=C)C(C)CN(C)C)c1.CC. The molecule has 0 radical (unpaired) electrons. The lowest BCUT2D eigenvalue weighted by Crippen LogP contribution is -2.20. The molecule has 0 aromatic heterocycles. The summed E-state index contributed by atoms with van der Waals surface area (Å²) in [4.78, 5) is 2.17. The van der Waals surface area contributed by atoms with Crippen LogP contribution in [-0.2, 0) is 0 Å². The first-order valence-corrected chi connectivity index (χ1v) is 7.22. The molecule has 20 heavy (non-hydrogen) atoms. The van der Waals surface area contributed by atoms with E-state index in [1.165, 1.54) is 0 Å². The first-order chi connectivity index (χ1) is 9.54. The molecule has 0 heterocycles. The normalized spacial score (nSPS) is 11.3. The minimum absolute atomic E-state index is 0.426. The van der Waals surface area contributed by atoms with Crippen molar-refractivity contribution in [3.8, 4) is 5.75 Å². The molecule has 112 valence electrons. The van der Waals surface area contributed by atoms with Crippen LogP contribution in [0.1, 0.15) is 26.3 Å². The van der Waals surface area contributed by atoms with Crippen molar-refractivity contribution in [2.45, 2.75) is 20.8 Å². The highest BCUT2D eigenvalue weighted by Gasteiger charge is 2.10. The van der Waals surface area contributed by atoms with Gasteiger partial charge in [-0.05, 0) is 43.3 Å². The molecule has 0 bridgehead atoms. The van der Waals surface area contributed by atoms with Gasteiger partial charge in [0.1, 0.15) is 12.4 Å². The van der Waals surface area contributed by atoms with Gasteiger partial charge in [-0.2, -0.15) is 0 Å². The third-order valence-electron chi connectivity index (χ3n) is 2.81. The molecule has 2 heteroatoms. The van der Waals surface area contributed by atoms with Gasteiger partial charge in [0, 0.05) is 6.54 Å². The Morgan fingerprint density at radius 3 is 2.55 bits per heavy atom. The number of rotatable bonds is 7. The average Bonchev–Trinajstić information content (AvgIpc) is 2.46. The fourth-order valence-electron chi connectivity index (χ4n) is 1.88. The summed E-state index contributed by atoms with van der Waals surface area (Å²) in [5.74, 6) is 1.29. The Morgan fingerprint density at radius 2 is 2.00 bits per heavy atom. The van der Waals surface area contributed by atoms with E-state index in [0.717, 1.165) is 23.4 Å². The van der Waals surface area contributed by atoms with E-state index in [4.69, 9.17) is 4.74 Å². The van der Waals surface area contributed by atoms with Crippen LogP contribution in [0.15, 0.2) is 43.5 Å². The molecule has 0 saturated heterocycles. The van der Waals surface area contributed by atoms with Crippen LogP contribution in [0, 0.1) is 5.92 Å². The van der Waals surface area contributed by atoms with Gasteiger partial charge in [0.2, 0.25) is 0 Å². The van der Waals surface area contributed by atoms with E-state index in [1.54, 1.807) is 6.08 Å². The lowest BCUT2D eigenvalue weighted by Gasteiger charge is -2.19. The first kappa shape index (κ1) is 18.5. The van der Waals surface area contributed by atoms with Crippen LogP contribution >= 0.6 is 0 Å². The fourth-order valence-corrected chi connectivity index (χ4v) is 1.88. The quantitative estimate of drug-likeness (QED) is 0.680. The molecule has 0 aliphatic rings. The Labute approximate surface area is 124 Å². The van der Waals surface area contributed by atoms with Gasteiger partial charge in [-0.3, -0.25) is 0 Å². The predicted octanol–water partition coefficient (Wildman–Crippen LogP) is 4.49. The van der Waals surface area contributed by atoms with E-state index in [0.29, 0.717) is 12.5 Å². The van der Waals surface area contributed by atoms with Crippen LogP contribution in [0.2, 0.25) is 0 Å². The molecule has 0 fully saturated rings. The summed E-state index contributed by atoms with van der Waals surface area (Å²) < 4.78 is 5.54. The Balaban J connectivity index is 0.00000172. The van der Waals surface area contributed by atoms with Gasteiger partial charge >= 0.3 is 0 Å². The molecule has 0 aliphatic carbocycles. The largest absolute Gasteiger partial charge is 0.490 e. The highest BCUT2D eigenvalue weighted by atomic mass is 16.5. The van der Waals surface area contributed by atoms with Gasteiger partial charge in [0.25, 0.3) is 0 Å². The number of ether oxygens (including phenoxy) is 1. The highest BCUT2D eigenvalue weighted by molar-refractivity contribution is 5.66. The number of benzene rings is 1. The topological polar surface area (TPSA) is 12.5 Å². The van der Waals surface area contributed by atoms with Crippen LogP contribution in [0.5, 0.6) is 5.75 Å². The second-order valence-electron chi connectivity index (χ2n) is 4.82. The molecule has 0 spiro atoms. The highest BCUT2D eigenvalue weighted by Crippen LogP contribution is 2.25. The monoisotopic (exact) mass is 275 g/mol. The van der Waals surface area contributed by atoms with Gasteiger partial charge in [0.05, 0.1) is 0 Å². The molecule has 1 aromatic carbocycles. The van der Waals surface area contributed by atoms with E-state index in [-0.39, 0.29) is 0 Å². The molecule has 1 unspecified atom stereocenters. The standard InChI is InChI=1S/C16H23NO.C2H6/c1-6-10-18-16-9-7-8-15(11-16)14(3)13(2)12-17(4)5;1-2/h6-9,11,13H,1,3,10,12H2,2,4-5H3;1-2H3. The van der Waals surface area contributed by atoms with Crippen LogP contribution < -0.4 is 4.74 Å². The molecule has 0 aliphatic heterocycles. The van der Waals surface area contributed by atoms with Gasteiger partial charge in [0.15, 0.2) is 0 Å². The van der Waals surface area contributed by atoms with Crippen molar-refractivity contribution >= 4 is 5.57 Å². The van der Waals surface area contributed by atoms with Crippen molar-refractivity contribution in [3.63, 3.8) is 0 Å². The van der Waals surface area contributed by atoms with Gasteiger partial charge < -0.3 is 9.64 Å². The molecule has 1 atom stereocenters. The smallest absolute Gasteiger partial charge is 0.120 e. The van der Waals surface area contributed by atoms with E-state index < -0.39 is 0 Å². The maximum Gasteiger partial charge on any atom is 0.120 e. The summed E-state index contributed by atoms with van der Waals surface area (Å²) >= 11 is 0. The summed E-state index contributed by atoms with van der Waals surface area (Å²) in [5.41, 5.74) is 2.29. The van der Waals surface area contributed by atoms with Crippen molar-refractivity contribution in [3.05, 3.63) is 49.1 Å². The van der Waals surface area contributed by atoms with E-state index in [1.807, 2.05) is 32.0 Å². The van der Waals surface area contributed by atoms with E-state index in [9.17, 15) is 0 Å². The zero-order valence-corrected chi connectivity index (χ0v) is 13.6. The third kappa shape index (κ3) is 6.58. The maximum absolute atomic E-state index is 5.54. The summed E-state index contributed by atoms with van der Waals surface area (Å²) in [6, 6.07) is 8.07. The van der Waals surface area contributed by atoms with Crippen LogP contribution in [-0.4, -0.2) is 32.1 Å². The predicted molar refractivity (Wildman–Crippen MR) is 90.2 cm³/mol. The zero-order chi connectivity index (χ0) is 15.5. The molecule has 2 nitrogen and oxygen atoms in total. The lowest BCUT2D eigenvalue weighted by molar-refractivity contribution is 0.362. The average molecular weight is 275 g/mol. The number of hydrogen-bond acceptors (Lipinski definition) is 2. The number of nitrogens with zero attached hydrogens (tertiary/aromatic N) is 1.